The molecule has 0 aliphatic heterocycles. The van der Waals surface area contributed by atoms with Crippen LogP contribution >= 0.6 is 11.6 Å². The number of anilines is 1. The van der Waals surface area contributed by atoms with E-state index in [9.17, 15) is 0 Å². The van der Waals surface area contributed by atoms with Crippen molar-refractivity contribution in [3.8, 4) is 0 Å². The van der Waals surface area contributed by atoms with E-state index in [1.54, 1.807) is 6.07 Å². The number of nitrogens with zero attached hydrogens (tertiary/aromatic N) is 2. The molecule has 0 aliphatic rings. The van der Waals surface area contributed by atoms with E-state index in [-0.39, 0.29) is 0 Å². The van der Waals surface area contributed by atoms with Crippen LogP contribution in [0.2, 0.25) is 5.02 Å². The number of nitrogen functional groups attached to an aromatic ring is 1. The number of halogens is 1. The van der Waals surface area contributed by atoms with Gasteiger partial charge >= 0.3 is 0 Å². The maximum Gasteiger partial charge on any atom is 0.113 e. The summed E-state index contributed by atoms with van der Waals surface area (Å²) < 4.78 is 2.16. The van der Waals surface area contributed by atoms with E-state index in [4.69, 9.17) is 17.3 Å². The van der Waals surface area contributed by atoms with Crippen LogP contribution in [0.1, 0.15) is 24.7 Å². The van der Waals surface area contributed by atoms with Crippen LogP contribution in [0.25, 0.3) is 0 Å². The predicted octanol–water partition coefficient (Wildman–Crippen LogP) is 3.12. The van der Waals surface area contributed by atoms with Crippen LogP contribution in [-0.2, 0) is 13.0 Å². The highest BCUT2D eigenvalue weighted by atomic mass is 35.5. The van der Waals surface area contributed by atoms with Crippen molar-refractivity contribution in [2.75, 3.05) is 5.73 Å². The molecule has 2 N–H and O–H groups in total. The molecule has 2 rings (SSSR count). The lowest BCUT2D eigenvalue weighted by atomic mass is 10.1. The van der Waals surface area contributed by atoms with Crippen molar-refractivity contribution in [3.05, 3.63) is 47.0 Å². The highest BCUT2D eigenvalue weighted by Crippen LogP contribution is 2.20. The molecule has 4 heteroatoms. The van der Waals surface area contributed by atoms with Crippen LogP contribution in [0.15, 0.2) is 30.6 Å². The van der Waals surface area contributed by atoms with Gasteiger partial charge in [0.15, 0.2) is 0 Å². The molecule has 3 nitrogen and oxygen atoms in total. The van der Waals surface area contributed by atoms with Gasteiger partial charge in [-0.15, -0.1) is 0 Å². The Labute approximate surface area is 106 Å². The van der Waals surface area contributed by atoms with Crippen LogP contribution in [0, 0.1) is 0 Å². The van der Waals surface area contributed by atoms with Crippen LogP contribution in [0.3, 0.4) is 0 Å². The Balaban J connectivity index is 2.22. The summed E-state index contributed by atoms with van der Waals surface area (Å²) in [6.45, 7) is 3.14. The van der Waals surface area contributed by atoms with Crippen LogP contribution < -0.4 is 5.73 Å². The molecule has 0 atom stereocenters. The minimum absolute atomic E-state index is 0.670. The van der Waals surface area contributed by atoms with E-state index < -0.39 is 0 Å². The molecule has 0 fully saturated rings. The second-order valence-corrected chi connectivity index (χ2v) is 4.49. The number of hydrogen-bond acceptors (Lipinski definition) is 2. The van der Waals surface area contributed by atoms with E-state index in [1.807, 2.05) is 24.5 Å². The van der Waals surface area contributed by atoms with E-state index >= 15 is 0 Å². The maximum atomic E-state index is 5.94. The van der Waals surface area contributed by atoms with Crippen molar-refractivity contribution in [1.29, 1.82) is 0 Å². The number of aryl methyl sites for hydroxylation is 1. The Bertz CT molecular complexity index is 505. The third-order valence-corrected chi connectivity index (χ3v) is 2.96. The first-order valence-corrected chi connectivity index (χ1v) is 6.12. The van der Waals surface area contributed by atoms with Gasteiger partial charge in [0, 0.05) is 36.1 Å². The SMILES string of the molecule is CCCn1ccnc1Cc1ccc(Cl)cc1N. The first-order chi connectivity index (χ1) is 8.20. The molecule has 2 aromatic rings. The van der Waals surface area contributed by atoms with E-state index in [1.165, 1.54) is 0 Å². The quantitative estimate of drug-likeness (QED) is 0.846. The van der Waals surface area contributed by atoms with E-state index in [0.29, 0.717) is 5.02 Å². The normalized spacial score (nSPS) is 10.7. The third-order valence-electron chi connectivity index (χ3n) is 2.72. The van der Waals surface area contributed by atoms with Crippen molar-refractivity contribution in [3.63, 3.8) is 0 Å². The van der Waals surface area contributed by atoms with Gasteiger partial charge in [0.25, 0.3) is 0 Å². The zero-order valence-corrected chi connectivity index (χ0v) is 10.6. The number of hydrogen-bond donors (Lipinski definition) is 1. The zero-order valence-electron chi connectivity index (χ0n) is 9.86. The van der Waals surface area contributed by atoms with Crippen molar-refractivity contribution in [2.45, 2.75) is 26.3 Å². The van der Waals surface area contributed by atoms with E-state index in [0.717, 1.165) is 36.5 Å². The molecular formula is C13H16ClN3. The zero-order chi connectivity index (χ0) is 12.3. The average molecular weight is 250 g/mol. The molecule has 1 aromatic carbocycles. The predicted molar refractivity (Wildman–Crippen MR) is 71.2 cm³/mol. The Morgan fingerprint density at radius 2 is 2.24 bits per heavy atom. The summed E-state index contributed by atoms with van der Waals surface area (Å²) in [5, 5.41) is 0.670. The number of aromatic nitrogens is 2. The van der Waals surface area contributed by atoms with Gasteiger partial charge < -0.3 is 10.3 Å². The highest BCUT2D eigenvalue weighted by molar-refractivity contribution is 6.30. The average Bonchev–Trinajstić information content (AvgIpc) is 2.71. The molecular weight excluding hydrogens is 234 g/mol. The van der Waals surface area contributed by atoms with Gasteiger partial charge in [-0.2, -0.15) is 0 Å². The summed E-state index contributed by atoms with van der Waals surface area (Å²) in [6, 6.07) is 5.60. The smallest absolute Gasteiger partial charge is 0.113 e. The number of rotatable bonds is 4. The molecule has 0 bridgehead atoms. The fourth-order valence-corrected chi connectivity index (χ4v) is 2.03. The minimum atomic E-state index is 0.670. The molecule has 0 aliphatic carbocycles. The lowest BCUT2D eigenvalue weighted by Crippen LogP contribution is -2.05. The van der Waals surface area contributed by atoms with Crippen LogP contribution in [0.5, 0.6) is 0 Å². The molecule has 0 saturated carbocycles. The summed E-state index contributed by atoms with van der Waals surface area (Å²) in [4.78, 5) is 4.37. The van der Waals surface area contributed by atoms with Crippen molar-refractivity contribution < 1.29 is 0 Å². The molecule has 1 heterocycles. The number of benzene rings is 1. The Morgan fingerprint density at radius 3 is 2.94 bits per heavy atom. The molecule has 0 unspecified atom stereocenters. The Morgan fingerprint density at radius 1 is 1.41 bits per heavy atom. The molecule has 0 amide bonds. The fourth-order valence-electron chi connectivity index (χ4n) is 1.85. The van der Waals surface area contributed by atoms with Gasteiger partial charge in [0.1, 0.15) is 5.82 Å². The van der Waals surface area contributed by atoms with Gasteiger partial charge in [0.05, 0.1) is 0 Å². The first-order valence-electron chi connectivity index (χ1n) is 5.74. The topological polar surface area (TPSA) is 43.8 Å². The van der Waals surface area contributed by atoms with Crippen LogP contribution in [0.4, 0.5) is 5.69 Å². The standard InChI is InChI=1S/C13H16ClN3/c1-2-6-17-7-5-16-13(17)8-10-3-4-11(14)9-12(10)15/h3-5,7,9H,2,6,8,15H2,1H3. The lowest BCUT2D eigenvalue weighted by molar-refractivity contribution is 0.647. The first kappa shape index (κ1) is 12.0. The monoisotopic (exact) mass is 249 g/mol. The second kappa shape index (κ2) is 5.23. The van der Waals surface area contributed by atoms with Gasteiger partial charge in [-0.1, -0.05) is 24.6 Å². The fraction of sp³-hybridized carbons (Fsp3) is 0.308. The molecule has 17 heavy (non-hydrogen) atoms. The minimum Gasteiger partial charge on any atom is -0.398 e. The molecule has 0 saturated heterocycles. The summed E-state index contributed by atoms with van der Waals surface area (Å²) in [6.07, 6.45) is 5.68. The van der Waals surface area contributed by atoms with Crippen molar-refractivity contribution >= 4 is 17.3 Å². The molecule has 0 radical (unpaired) electrons. The molecule has 0 spiro atoms. The number of imidazole rings is 1. The summed E-state index contributed by atoms with van der Waals surface area (Å²) >= 11 is 5.88. The van der Waals surface area contributed by atoms with Crippen molar-refractivity contribution in [1.82, 2.24) is 9.55 Å². The second-order valence-electron chi connectivity index (χ2n) is 4.06. The summed E-state index contributed by atoms with van der Waals surface area (Å²) in [5.41, 5.74) is 7.73. The third kappa shape index (κ3) is 2.80. The van der Waals surface area contributed by atoms with E-state index in [2.05, 4.69) is 16.5 Å². The van der Waals surface area contributed by atoms with Crippen LogP contribution in [-0.4, -0.2) is 9.55 Å². The maximum absolute atomic E-state index is 5.94. The van der Waals surface area contributed by atoms with Crippen molar-refractivity contribution in [2.24, 2.45) is 0 Å². The van der Waals surface area contributed by atoms with Gasteiger partial charge in [-0.25, -0.2) is 4.98 Å². The van der Waals surface area contributed by atoms with Gasteiger partial charge in [-0.3, -0.25) is 0 Å². The summed E-state index contributed by atoms with van der Waals surface area (Å²) in [5.74, 6) is 1.04. The van der Waals surface area contributed by atoms with Gasteiger partial charge in [0.2, 0.25) is 0 Å². The largest absolute Gasteiger partial charge is 0.398 e. The highest BCUT2D eigenvalue weighted by Gasteiger charge is 2.06. The van der Waals surface area contributed by atoms with Gasteiger partial charge in [-0.05, 0) is 24.1 Å². The Kier molecular flexibility index (Phi) is 3.69. The Hall–Kier alpha value is -1.48. The molecule has 90 valence electrons. The molecule has 1 aromatic heterocycles. The summed E-state index contributed by atoms with van der Waals surface area (Å²) in [7, 11) is 0. The lowest BCUT2D eigenvalue weighted by Gasteiger charge is -2.08. The number of nitrogens with two attached hydrogens (primary N) is 1.